The molecule has 2 unspecified atom stereocenters. The summed E-state index contributed by atoms with van der Waals surface area (Å²) in [6.07, 6.45) is 5.33. The summed E-state index contributed by atoms with van der Waals surface area (Å²) < 4.78 is 14.9. The maximum Gasteiger partial charge on any atom is 0.510 e. The molecule has 24 heavy (non-hydrogen) atoms. The number of rotatable bonds is 9. The van der Waals surface area contributed by atoms with Gasteiger partial charge in [-0.1, -0.05) is 49.0 Å². The highest BCUT2D eigenvalue weighted by Gasteiger charge is 2.49. The molecule has 0 aliphatic carbocycles. The van der Waals surface area contributed by atoms with Gasteiger partial charge in [-0.25, -0.2) is 4.79 Å². The van der Waals surface area contributed by atoms with Gasteiger partial charge in [0.1, 0.15) is 6.61 Å². The number of epoxide rings is 1. The van der Waals surface area contributed by atoms with Gasteiger partial charge in [-0.2, -0.15) is 0 Å². The van der Waals surface area contributed by atoms with Gasteiger partial charge in [-0.05, 0) is 42.9 Å². The summed E-state index contributed by atoms with van der Waals surface area (Å²) in [6, 6.07) is 5.81. The van der Waals surface area contributed by atoms with Gasteiger partial charge < -0.3 is 14.2 Å². The van der Waals surface area contributed by atoms with E-state index < -0.39 is 11.9 Å². The number of hydrogen-bond acceptors (Lipinski definition) is 4. The number of halogens is 2. The molecule has 0 bridgehead atoms. The smallest absolute Gasteiger partial charge is 0.438 e. The Morgan fingerprint density at radius 1 is 1.29 bits per heavy atom. The van der Waals surface area contributed by atoms with Crippen LogP contribution in [0.25, 0.3) is 0 Å². The van der Waals surface area contributed by atoms with E-state index in [0.29, 0.717) is 22.6 Å². The topological polar surface area (TPSA) is 48.1 Å². The lowest BCUT2D eigenvalue weighted by atomic mass is 9.95. The molecule has 0 amide bonds. The first-order valence-electron chi connectivity index (χ1n) is 8.29. The largest absolute Gasteiger partial charge is 0.510 e. The number of ether oxygens (including phenoxy) is 3. The highest BCUT2D eigenvalue weighted by atomic mass is 35.5. The molecule has 1 saturated heterocycles. The number of carbonyl (C=O) groups excluding carboxylic acids is 1. The lowest BCUT2D eigenvalue weighted by molar-refractivity contribution is -0.0325. The first-order valence-corrected chi connectivity index (χ1v) is 9.04. The lowest BCUT2D eigenvalue weighted by Crippen LogP contribution is -2.21. The van der Waals surface area contributed by atoms with Crippen molar-refractivity contribution in [3.8, 4) is 0 Å². The van der Waals surface area contributed by atoms with E-state index in [1.54, 1.807) is 0 Å². The average Bonchev–Trinajstić information content (AvgIpc) is 3.32. The second-order valence-corrected chi connectivity index (χ2v) is 7.21. The first-order chi connectivity index (χ1) is 11.4. The molecule has 1 aromatic rings. The molecule has 1 aliphatic rings. The summed E-state index contributed by atoms with van der Waals surface area (Å²) >= 11 is 12.0. The van der Waals surface area contributed by atoms with Crippen molar-refractivity contribution < 1.29 is 19.0 Å². The fraction of sp³-hybridized carbons (Fsp3) is 0.611. The van der Waals surface area contributed by atoms with Crippen LogP contribution in [0, 0.1) is 5.92 Å². The van der Waals surface area contributed by atoms with Gasteiger partial charge in [0.2, 0.25) is 5.79 Å². The van der Waals surface area contributed by atoms with Gasteiger partial charge in [-0.3, -0.25) is 0 Å². The molecule has 2 atom stereocenters. The van der Waals surface area contributed by atoms with Crippen LogP contribution in [0.5, 0.6) is 0 Å². The maximum atomic E-state index is 11.1. The summed E-state index contributed by atoms with van der Waals surface area (Å²) in [4.78, 5) is 11.1. The van der Waals surface area contributed by atoms with Crippen molar-refractivity contribution in [3.05, 3.63) is 33.8 Å². The normalized spacial score (nSPS) is 20.5. The van der Waals surface area contributed by atoms with Crippen LogP contribution in [0.1, 0.15) is 44.6 Å². The molecular formula is C18H24Cl2O4. The van der Waals surface area contributed by atoms with Crippen LogP contribution in [0.4, 0.5) is 4.79 Å². The molecule has 4 nitrogen and oxygen atoms in total. The van der Waals surface area contributed by atoms with Crippen LogP contribution in [0.2, 0.25) is 10.0 Å². The zero-order valence-electron chi connectivity index (χ0n) is 14.1. The summed E-state index contributed by atoms with van der Waals surface area (Å²) in [5, 5.41) is 1.21. The Morgan fingerprint density at radius 2 is 2.04 bits per heavy atom. The Labute approximate surface area is 153 Å². The Bertz CT molecular complexity index is 558. The van der Waals surface area contributed by atoms with Crippen molar-refractivity contribution in [2.45, 2.75) is 51.2 Å². The van der Waals surface area contributed by atoms with E-state index in [1.165, 1.54) is 12.7 Å². The molecule has 0 spiro atoms. The van der Waals surface area contributed by atoms with Crippen molar-refractivity contribution in [2.24, 2.45) is 5.92 Å². The number of unbranched alkanes of at least 4 members (excludes halogenated alkanes) is 1. The highest BCUT2D eigenvalue weighted by Crippen LogP contribution is 2.35. The van der Waals surface area contributed by atoms with Crippen LogP contribution in [0.3, 0.4) is 0 Å². The standard InChI is InChI=1S/C18H24Cl2O4/c1-13(6-7-14-8-9-15(19)16(20)11-14)5-3-4-10-18(12-23-18)24-17(21)22-2/h8-9,11,13H,3-7,10,12H2,1-2H3. The summed E-state index contributed by atoms with van der Waals surface area (Å²) in [5.74, 6) is -0.104. The Kier molecular flexibility index (Phi) is 7.20. The van der Waals surface area contributed by atoms with Gasteiger partial charge >= 0.3 is 6.16 Å². The highest BCUT2D eigenvalue weighted by molar-refractivity contribution is 6.42. The molecule has 0 aromatic heterocycles. The number of methoxy groups -OCH3 is 1. The first kappa shape index (κ1) is 19.4. The third-order valence-corrected chi connectivity index (χ3v) is 5.06. The molecule has 1 heterocycles. The lowest BCUT2D eigenvalue weighted by Gasteiger charge is -2.14. The van der Waals surface area contributed by atoms with Crippen LogP contribution < -0.4 is 0 Å². The summed E-state index contributed by atoms with van der Waals surface area (Å²) in [5.41, 5.74) is 1.22. The molecule has 0 saturated carbocycles. The summed E-state index contributed by atoms with van der Waals surface area (Å²) in [6.45, 7) is 2.72. The Balaban J connectivity index is 1.60. The van der Waals surface area contributed by atoms with Gasteiger partial charge in [0.25, 0.3) is 0 Å². The van der Waals surface area contributed by atoms with Crippen molar-refractivity contribution >= 4 is 29.4 Å². The Morgan fingerprint density at radius 3 is 2.67 bits per heavy atom. The fourth-order valence-corrected chi connectivity index (χ4v) is 2.99. The monoisotopic (exact) mass is 374 g/mol. The van der Waals surface area contributed by atoms with Crippen molar-refractivity contribution in [1.82, 2.24) is 0 Å². The van der Waals surface area contributed by atoms with E-state index in [0.717, 1.165) is 38.5 Å². The van der Waals surface area contributed by atoms with Crippen LogP contribution in [-0.2, 0) is 20.6 Å². The predicted molar refractivity (Wildman–Crippen MR) is 94.6 cm³/mol. The van der Waals surface area contributed by atoms with E-state index in [-0.39, 0.29) is 0 Å². The zero-order chi connectivity index (χ0) is 17.6. The van der Waals surface area contributed by atoms with Gasteiger partial charge in [-0.15, -0.1) is 0 Å². The minimum absolute atomic E-state index is 0.467. The number of hydrogen-bond donors (Lipinski definition) is 0. The van der Waals surface area contributed by atoms with Gasteiger partial charge in [0, 0.05) is 6.42 Å². The molecule has 0 radical (unpaired) electrons. The van der Waals surface area contributed by atoms with Gasteiger partial charge in [0.05, 0.1) is 17.2 Å². The predicted octanol–water partition coefficient (Wildman–Crippen LogP) is 5.63. The Hall–Kier alpha value is -0.970. The van der Waals surface area contributed by atoms with Crippen LogP contribution >= 0.6 is 23.2 Å². The molecule has 0 N–H and O–H groups in total. The zero-order valence-corrected chi connectivity index (χ0v) is 15.7. The number of aryl methyl sites for hydroxylation is 1. The maximum absolute atomic E-state index is 11.1. The molecular weight excluding hydrogens is 351 g/mol. The van der Waals surface area contributed by atoms with Crippen LogP contribution in [0.15, 0.2) is 18.2 Å². The average molecular weight is 375 g/mol. The van der Waals surface area contributed by atoms with Crippen LogP contribution in [-0.4, -0.2) is 25.7 Å². The molecule has 6 heteroatoms. The third kappa shape index (κ3) is 6.15. The minimum atomic E-state index is -0.726. The number of benzene rings is 1. The van der Waals surface area contributed by atoms with Crippen molar-refractivity contribution in [1.29, 1.82) is 0 Å². The van der Waals surface area contributed by atoms with E-state index in [4.69, 9.17) is 32.7 Å². The molecule has 2 rings (SSSR count). The fourth-order valence-electron chi connectivity index (χ4n) is 2.67. The molecule has 134 valence electrons. The van der Waals surface area contributed by atoms with E-state index in [1.807, 2.05) is 18.2 Å². The quantitative estimate of drug-likeness (QED) is 0.319. The minimum Gasteiger partial charge on any atom is -0.438 e. The summed E-state index contributed by atoms with van der Waals surface area (Å²) in [7, 11) is 1.30. The number of carbonyl (C=O) groups is 1. The third-order valence-electron chi connectivity index (χ3n) is 4.32. The van der Waals surface area contributed by atoms with E-state index in [2.05, 4.69) is 11.7 Å². The molecule has 1 fully saturated rings. The second kappa shape index (κ2) is 8.93. The SMILES string of the molecule is COC(=O)OC1(CCCCC(C)CCc2ccc(Cl)c(Cl)c2)CO1. The van der Waals surface area contributed by atoms with Crippen molar-refractivity contribution in [2.75, 3.05) is 13.7 Å². The molecule has 1 aromatic carbocycles. The molecule has 1 aliphatic heterocycles. The van der Waals surface area contributed by atoms with E-state index >= 15 is 0 Å². The second-order valence-electron chi connectivity index (χ2n) is 6.39. The van der Waals surface area contributed by atoms with E-state index in [9.17, 15) is 4.79 Å². The van der Waals surface area contributed by atoms with Gasteiger partial charge in [0.15, 0.2) is 0 Å². The van der Waals surface area contributed by atoms with Crippen molar-refractivity contribution in [3.63, 3.8) is 0 Å².